The fraction of sp³-hybridized carbons (Fsp3) is 0.533. The van der Waals surface area contributed by atoms with Crippen LogP contribution in [0, 0.1) is 11.8 Å². The minimum Gasteiger partial charge on any atom is -0.389 e. The van der Waals surface area contributed by atoms with Crippen LogP contribution in [0.4, 0.5) is 38.2 Å². The average molecular weight is 395 g/mol. The fourth-order valence-electron chi connectivity index (χ4n) is 1.28. The van der Waals surface area contributed by atoms with Crippen molar-refractivity contribution >= 4 is 23.3 Å². The van der Waals surface area contributed by atoms with Gasteiger partial charge in [-0.05, 0) is 33.6 Å². The fourth-order valence-corrected chi connectivity index (χ4v) is 1.28. The van der Waals surface area contributed by atoms with E-state index in [1.54, 1.807) is 0 Å². The van der Waals surface area contributed by atoms with Gasteiger partial charge in [-0.3, -0.25) is 0 Å². The first-order valence-corrected chi connectivity index (χ1v) is 7.30. The molecule has 0 saturated heterocycles. The number of nitrogens with zero attached hydrogens (tertiary/aromatic N) is 5. The maximum Gasteiger partial charge on any atom is 0.429 e. The predicted octanol–water partition coefficient (Wildman–Crippen LogP) is 3.69. The second kappa shape index (κ2) is 7.99. The molecule has 1 aromatic heterocycles. The standard InChI is InChI=1S/C15H15F6N5O/c1-8(14(16,17)18)22-11-24-10(6-5-7-13(3,4)27)25-12(26-11)23-9(2)15(19,20)21/h27H,7H2,1-4H3. The van der Waals surface area contributed by atoms with Crippen LogP contribution in [0.5, 0.6) is 0 Å². The third-order valence-electron chi connectivity index (χ3n) is 2.69. The van der Waals surface area contributed by atoms with Gasteiger partial charge in [-0.15, -0.1) is 0 Å². The van der Waals surface area contributed by atoms with Gasteiger partial charge in [-0.2, -0.15) is 41.3 Å². The largest absolute Gasteiger partial charge is 0.429 e. The molecule has 6 nitrogen and oxygen atoms in total. The van der Waals surface area contributed by atoms with E-state index < -0.39 is 47.1 Å². The average Bonchev–Trinajstić information content (AvgIpc) is 2.43. The van der Waals surface area contributed by atoms with Crippen molar-refractivity contribution in [2.45, 2.75) is 52.1 Å². The molecule has 0 spiro atoms. The molecule has 1 aromatic rings. The predicted molar refractivity (Wildman–Crippen MR) is 85.3 cm³/mol. The Balaban J connectivity index is 3.43. The Kier molecular flexibility index (Phi) is 6.66. The molecular weight excluding hydrogens is 380 g/mol. The zero-order chi connectivity index (χ0) is 21.0. The molecule has 1 heterocycles. The molecule has 148 valence electrons. The van der Waals surface area contributed by atoms with E-state index in [0.29, 0.717) is 13.8 Å². The highest BCUT2D eigenvalue weighted by atomic mass is 19.4. The highest BCUT2D eigenvalue weighted by Gasteiger charge is 2.33. The number of rotatable bonds is 3. The Morgan fingerprint density at radius 2 is 1.30 bits per heavy atom. The SMILES string of the molecule is CC(=Nc1nc(C#CCC(C)(C)O)nc(N=C(C)C(F)(F)F)n1)C(F)(F)F. The van der Waals surface area contributed by atoms with Crippen molar-refractivity contribution < 1.29 is 31.4 Å². The van der Waals surface area contributed by atoms with E-state index in [4.69, 9.17) is 0 Å². The molecule has 0 amide bonds. The summed E-state index contributed by atoms with van der Waals surface area (Å²) >= 11 is 0. The molecule has 0 aliphatic carbocycles. The van der Waals surface area contributed by atoms with E-state index in [9.17, 15) is 31.4 Å². The minimum atomic E-state index is -4.77. The summed E-state index contributed by atoms with van der Waals surface area (Å²) in [6.45, 7) is 4.21. The Hall–Kier alpha value is -2.55. The Labute approximate surface area is 150 Å². The zero-order valence-electron chi connectivity index (χ0n) is 14.7. The molecule has 0 aromatic carbocycles. The molecule has 0 unspecified atom stereocenters. The van der Waals surface area contributed by atoms with Gasteiger partial charge in [-0.1, -0.05) is 5.92 Å². The van der Waals surface area contributed by atoms with Gasteiger partial charge in [-0.25, -0.2) is 9.98 Å². The third kappa shape index (κ3) is 8.12. The lowest BCUT2D eigenvalue weighted by atomic mass is 10.1. The summed E-state index contributed by atoms with van der Waals surface area (Å²) in [7, 11) is 0. The summed E-state index contributed by atoms with van der Waals surface area (Å²) in [5.41, 5.74) is -3.79. The van der Waals surface area contributed by atoms with Crippen molar-refractivity contribution in [3.05, 3.63) is 5.82 Å². The van der Waals surface area contributed by atoms with E-state index in [2.05, 4.69) is 36.8 Å². The molecule has 0 radical (unpaired) electrons. The van der Waals surface area contributed by atoms with Crippen LogP contribution in [-0.2, 0) is 0 Å². The summed E-state index contributed by atoms with van der Waals surface area (Å²) in [6.07, 6.45) is -9.59. The van der Waals surface area contributed by atoms with Crippen molar-refractivity contribution in [3.63, 3.8) is 0 Å². The van der Waals surface area contributed by atoms with Crippen LogP contribution in [0.3, 0.4) is 0 Å². The van der Waals surface area contributed by atoms with Gasteiger partial charge < -0.3 is 5.11 Å². The van der Waals surface area contributed by atoms with E-state index in [0.717, 1.165) is 0 Å². The second-order valence-electron chi connectivity index (χ2n) is 5.94. The van der Waals surface area contributed by atoms with Crippen LogP contribution in [0.2, 0.25) is 0 Å². The number of alkyl halides is 6. The van der Waals surface area contributed by atoms with Crippen molar-refractivity contribution in [3.8, 4) is 11.8 Å². The summed E-state index contributed by atoms with van der Waals surface area (Å²) in [5, 5.41) is 9.57. The molecule has 0 aliphatic heterocycles. The van der Waals surface area contributed by atoms with Gasteiger partial charge in [0, 0.05) is 6.42 Å². The van der Waals surface area contributed by atoms with E-state index in [-0.39, 0.29) is 6.42 Å². The molecule has 0 aliphatic rings. The number of hydrogen-bond acceptors (Lipinski definition) is 6. The first kappa shape index (κ1) is 22.5. The Morgan fingerprint density at radius 1 is 0.889 bits per heavy atom. The summed E-state index contributed by atoms with van der Waals surface area (Å²) < 4.78 is 75.6. The molecule has 0 saturated carbocycles. The smallest absolute Gasteiger partial charge is 0.389 e. The highest BCUT2D eigenvalue weighted by molar-refractivity contribution is 5.89. The number of halogens is 6. The van der Waals surface area contributed by atoms with Crippen LogP contribution < -0.4 is 0 Å². The maximum atomic E-state index is 12.6. The Morgan fingerprint density at radius 3 is 1.63 bits per heavy atom. The second-order valence-corrected chi connectivity index (χ2v) is 5.94. The van der Waals surface area contributed by atoms with E-state index in [1.807, 2.05) is 0 Å². The minimum absolute atomic E-state index is 0.0426. The topological polar surface area (TPSA) is 83.6 Å². The van der Waals surface area contributed by atoms with Gasteiger partial charge in [0.05, 0.1) is 5.60 Å². The summed E-state index contributed by atoms with van der Waals surface area (Å²) in [6, 6.07) is 0. The van der Waals surface area contributed by atoms with Crippen LogP contribution in [0.15, 0.2) is 9.98 Å². The lowest BCUT2D eigenvalue weighted by Crippen LogP contribution is -2.19. The van der Waals surface area contributed by atoms with Gasteiger partial charge in [0.1, 0.15) is 11.4 Å². The highest BCUT2D eigenvalue weighted by Crippen LogP contribution is 2.22. The molecule has 0 fully saturated rings. The van der Waals surface area contributed by atoms with Gasteiger partial charge in [0.2, 0.25) is 5.82 Å². The number of aromatic nitrogens is 3. The monoisotopic (exact) mass is 395 g/mol. The number of aliphatic hydroxyl groups is 1. The van der Waals surface area contributed by atoms with Crippen molar-refractivity contribution in [2.24, 2.45) is 9.98 Å². The van der Waals surface area contributed by atoms with Gasteiger partial charge in [0.15, 0.2) is 0 Å². The quantitative estimate of drug-likeness (QED) is 0.481. The molecular formula is C15H15F6N5O. The van der Waals surface area contributed by atoms with E-state index in [1.165, 1.54) is 13.8 Å². The maximum absolute atomic E-state index is 12.6. The molecule has 27 heavy (non-hydrogen) atoms. The lowest BCUT2D eigenvalue weighted by Gasteiger charge is -2.11. The number of aliphatic imine (C=N–C) groups is 2. The van der Waals surface area contributed by atoms with E-state index >= 15 is 0 Å². The molecule has 0 bridgehead atoms. The van der Waals surface area contributed by atoms with Crippen molar-refractivity contribution in [1.29, 1.82) is 0 Å². The van der Waals surface area contributed by atoms with Crippen molar-refractivity contribution in [1.82, 2.24) is 15.0 Å². The summed E-state index contributed by atoms with van der Waals surface area (Å²) in [5.74, 6) is 2.79. The van der Waals surface area contributed by atoms with Crippen LogP contribution >= 0.6 is 0 Å². The van der Waals surface area contributed by atoms with Crippen molar-refractivity contribution in [2.75, 3.05) is 0 Å². The molecule has 1 N–H and O–H groups in total. The first-order valence-electron chi connectivity index (χ1n) is 7.30. The van der Waals surface area contributed by atoms with Crippen LogP contribution in [0.25, 0.3) is 0 Å². The molecule has 1 rings (SSSR count). The van der Waals surface area contributed by atoms with Gasteiger partial charge in [0.25, 0.3) is 11.9 Å². The Bertz CT molecular complexity index is 761. The summed E-state index contributed by atoms with van der Waals surface area (Å²) in [4.78, 5) is 16.8. The zero-order valence-corrected chi connectivity index (χ0v) is 14.7. The van der Waals surface area contributed by atoms with Crippen LogP contribution in [-0.4, -0.2) is 49.4 Å². The first-order chi connectivity index (χ1) is 12.1. The normalized spacial score (nSPS) is 14.0. The lowest BCUT2D eigenvalue weighted by molar-refractivity contribution is -0.0599. The number of hydrogen-bond donors (Lipinski definition) is 1. The molecule has 12 heteroatoms. The van der Waals surface area contributed by atoms with Gasteiger partial charge >= 0.3 is 12.4 Å². The third-order valence-corrected chi connectivity index (χ3v) is 2.69. The van der Waals surface area contributed by atoms with Crippen LogP contribution in [0.1, 0.15) is 39.9 Å². The molecule has 0 atom stereocenters.